The molecule has 1 N–H and O–H groups in total. The largest absolute Gasteiger partial charge is 0.477 e. The summed E-state index contributed by atoms with van der Waals surface area (Å²) in [5.41, 5.74) is -0.618. The number of hydrogen-bond donors (Lipinski definition) is 1. The lowest BCUT2D eigenvalue weighted by Gasteiger charge is -2.17. The zero-order chi connectivity index (χ0) is 12.7. The third kappa shape index (κ3) is 2.59. The van der Waals surface area contributed by atoms with E-state index in [-0.39, 0.29) is 9.75 Å². The van der Waals surface area contributed by atoms with Crippen molar-refractivity contribution < 1.29 is 22.2 Å². The summed E-state index contributed by atoms with van der Waals surface area (Å²) in [6, 6.07) is 0.864. The van der Waals surface area contributed by atoms with Crippen LogP contribution in [0, 0.1) is 0 Å². The summed E-state index contributed by atoms with van der Waals surface area (Å²) in [5.74, 6) is -1.26. The fourth-order valence-electron chi connectivity index (χ4n) is 1.18. The van der Waals surface area contributed by atoms with Gasteiger partial charge in [0.25, 0.3) is 0 Å². The molecular weight excluding hydrogens is 255 g/mol. The lowest BCUT2D eigenvalue weighted by Crippen LogP contribution is -2.12. The van der Waals surface area contributed by atoms with Crippen molar-refractivity contribution in [3.8, 4) is 0 Å². The summed E-state index contributed by atoms with van der Waals surface area (Å²) < 4.78 is 34.7. The Bertz CT molecular complexity index is 522. The quantitative estimate of drug-likeness (QED) is 0.834. The molecule has 0 aliphatic heterocycles. The molecule has 0 aromatic carbocycles. The first-order chi connectivity index (χ1) is 7.03. The van der Waals surface area contributed by atoms with Crippen LogP contribution in [-0.2, 0) is 15.6 Å². The topological polar surface area (TPSA) is 71.4 Å². The number of rotatable bonds is 2. The highest BCUT2D eigenvalue weighted by Crippen LogP contribution is 2.37. The van der Waals surface area contributed by atoms with E-state index >= 15 is 0 Å². The van der Waals surface area contributed by atoms with E-state index in [1.165, 1.54) is 0 Å². The second-order valence-corrected chi connectivity index (χ2v) is 6.66. The molecule has 7 heteroatoms. The molecule has 1 rings (SSSR count). The van der Waals surface area contributed by atoms with Crippen LogP contribution in [0.5, 0.6) is 0 Å². The van der Waals surface area contributed by atoms with Gasteiger partial charge in [-0.2, -0.15) is 8.42 Å². The monoisotopic (exact) mass is 266 g/mol. The van der Waals surface area contributed by atoms with Crippen molar-refractivity contribution in [2.75, 3.05) is 0 Å². The van der Waals surface area contributed by atoms with Gasteiger partial charge in [-0.1, -0.05) is 20.8 Å². The standard InChI is InChI=1S/C9H11FO4S2/c1-9(2,3)7-6(16(10,13)14)4-5(15-7)8(11)12/h4H,1-3H3,(H,11,12). The Kier molecular flexibility index (Phi) is 3.13. The van der Waals surface area contributed by atoms with Crippen molar-refractivity contribution in [1.82, 2.24) is 0 Å². The molecule has 0 bridgehead atoms. The molecule has 0 saturated carbocycles. The second-order valence-electron chi connectivity index (χ2n) is 4.30. The molecule has 0 amide bonds. The fourth-order valence-corrected chi connectivity index (χ4v) is 3.42. The smallest absolute Gasteiger partial charge is 0.345 e. The molecule has 1 aromatic heterocycles. The van der Waals surface area contributed by atoms with Crippen molar-refractivity contribution in [3.63, 3.8) is 0 Å². The van der Waals surface area contributed by atoms with E-state index in [9.17, 15) is 17.1 Å². The van der Waals surface area contributed by atoms with Gasteiger partial charge in [0.15, 0.2) is 0 Å². The molecule has 1 aromatic rings. The van der Waals surface area contributed by atoms with Crippen LogP contribution >= 0.6 is 11.3 Å². The van der Waals surface area contributed by atoms with Crippen molar-refractivity contribution in [3.05, 3.63) is 15.8 Å². The highest BCUT2D eigenvalue weighted by molar-refractivity contribution is 7.86. The minimum Gasteiger partial charge on any atom is -0.477 e. The molecular formula is C9H11FO4S2. The van der Waals surface area contributed by atoms with Gasteiger partial charge in [-0.15, -0.1) is 15.2 Å². The Morgan fingerprint density at radius 2 is 1.94 bits per heavy atom. The van der Waals surface area contributed by atoms with Crippen LogP contribution < -0.4 is 0 Å². The zero-order valence-electron chi connectivity index (χ0n) is 8.94. The first-order valence-corrected chi connectivity index (χ1v) is 6.56. The Balaban J connectivity index is 3.54. The Labute approximate surface area is 96.9 Å². The third-order valence-corrected chi connectivity index (χ3v) is 4.38. The van der Waals surface area contributed by atoms with Gasteiger partial charge in [0.05, 0.1) is 0 Å². The zero-order valence-corrected chi connectivity index (χ0v) is 10.6. The first kappa shape index (κ1) is 13.1. The van der Waals surface area contributed by atoms with Gasteiger partial charge in [0, 0.05) is 4.88 Å². The normalized spacial score (nSPS) is 12.8. The number of carboxylic acids is 1. The van der Waals surface area contributed by atoms with Gasteiger partial charge < -0.3 is 5.11 Å². The van der Waals surface area contributed by atoms with Crippen molar-refractivity contribution >= 4 is 27.5 Å². The molecule has 0 radical (unpaired) electrons. The van der Waals surface area contributed by atoms with Crippen LogP contribution in [0.2, 0.25) is 0 Å². The maximum atomic E-state index is 13.0. The average Bonchev–Trinajstić information content (AvgIpc) is 2.44. The Morgan fingerprint density at radius 3 is 2.19 bits per heavy atom. The number of hydrogen-bond acceptors (Lipinski definition) is 4. The summed E-state index contributed by atoms with van der Waals surface area (Å²) in [7, 11) is -4.88. The number of carbonyl (C=O) groups is 1. The van der Waals surface area contributed by atoms with Crippen molar-refractivity contribution in [2.45, 2.75) is 31.1 Å². The Morgan fingerprint density at radius 1 is 1.44 bits per heavy atom. The van der Waals surface area contributed by atoms with Crippen LogP contribution in [-0.4, -0.2) is 19.5 Å². The predicted molar refractivity (Wildman–Crippen MR) is 58.3 cm³/mol. The molecule has 16 heavy (non-hydrogen) atoms. The van der Waals surface area contributed by atoms with Crippen LogP contribution in [0.15, 0.2) is 11.0 Å². The maximum absolute atomic E-state index is 13.0. The Hall–Kier alpha value is -0.950. The number of aromatic carboxylic acids is 1. The molecule has 0 fully saturated rings. The molecule has 1 heterocycles. The summed E-state index contributed by atoms with van der Waals surface area (Å²) >= 11 is 0.783. The van der Waals surface area contributed by atoms with Gasteiger partial charge in [0.2, 0.25) is 0 Å². The van der Waals surface area contributed by atoms with Crippen molar-refractivity contribution in [2.24, 2.45) is 0 Å². The van der Waals surface area contributed by atoms with Gasteiger partial charge in [-0.3, -0.25) is 0 Å². The van der Waals surface area contributed by atoms with Crippen LogP contribution in [0.3, 0.4) is 0 Å². The summed E-state index contributed by atoms with van der Waals surface area (Å²) in [4.78, 5) is 10.2. The van der Waals surface area contributed by atoms with E-state index in [1.54, 1.807) is 20.8 Å². The molecule has 90 valence electrons. The number of carboxylic acid groups (broad SMARTS) is 1. The van der Waals surface area contributed by atoms with Crippen LogP contribution in [0.4, 0.5) is 3.89 Å². The molecule has 0 saturated heterocycles. The maximum Gasteiger partial charge on any atom is 0.345 e. The summed E-state index contributed by atoms with van der Waals surface area (Å²) in [6.07, 6.45) is 0. The summed E-state index contributed by atoms with van der Waals surface area (Å²) in [5, 5.41) is 8.75. The molecule has 0 aliphatic rings. The van der Waals surface area contributed by atoms with Gasteiger partial charge in [-0.05, 0) is 11.5 Å². The van der Waals surface area contributed by atoms with Crippen LogP contribution in [0.1, 0.15) is 35.3 Å². The van der Waals surface area contributed by atoms with E-state index in [0.29, 0.717) is 0 Å². The summed E-state index contributed by atoms with van der Waals surface area (Å²) in [6.45, 7) is 5.08. The van der Waals surface area contributed by atoms with Crippen LogP contribution in [0.25, 0.3) is 0 Å². The van der Waals surface area contributed by atoms with Gasteiger partial charge in [0.1, 0.15) is 9.77 Å². The van der Waals surface area contributed by atoms with Gasteiger partial charge in [-0.25, -0.2) is 4.79 Å². The predicted octanol–water partition coefficient (Wildman–Crippen LogP) is 2.40. The SMILES string of the molecule is CC(C)(C)c1sc(C(=O)O)cc1S(=O)(=O)F. The highest BCUT2D eigenvalue weighted by Gasteiger charge is 2.30. The highest BCUT2D eigenvalue weighted by atomic mass is 32.3. The van der Waals surface area contributed by atoms with E-state index in [0.717, 1.165) is 17.4 Å². The van der Waals surface area contributed by atoms with E-state index in [4.69, 9.17) is 5.11 Å². The molecule has 4 nitrogen and oxygen atoms in total. The minimum absolute atomic E-state index is 0.179. The van der Waals surface area contributed by atoms with Crippen molar-refractivity contribution in [1.29, 1.82) is 0 Å². The second kappa shape index (κ2) is 3.81. The molecule has 0 aliphatic carbocycles. The van der Waals surface area contributed by atoms with Gasteiger partial charge >= 0.3 is 16.2 Å². The molecule has 0 spiro atoms. The third-order valence-electron chi connectivity index (χ3n) is 1.85. The number of thiophene rings is 1. The van der Waals surface area contributed by atoms with E-state index in [1.807, 2.05) is 0 Å². The lowest BCUT2D eigenvalue weighted by molar-refractivity contribution is 0.0702. The lowest BCUT2D eigenvalue weighted by atomic mass is 9.95. The number of halogens is 1. The van der Waals surface area contributed by atoms with E-state index in [2.05, 4.69) is 0 Å². The average molecular weight is 266 g/mol. The first-order valence-electron chi connectivity index (χ1n) is 4.36. The molecule has 0 atom stereocenters. The fraction of sp³-hybridized carbons (Fsp3) is 0.444. The molecule has 0 unspecified atom stereocenters. The van der Waals surface area contributed by atoms with E-state index < -0.39 is 26.5 Å². The minimum atomic E-state index is -4.88.